The molecule has 0 radical (unpaired) electrons. The first kappa shape index (κ1) is 19.9. The van der Waals surface area contributed by atoms with E-state index in [2.05, 4.69) is 127 Å². The van der Waals surface area contributed by atoms with Gasteiger partial charge in [0.15, 0.2) is 0 Å². The van der Waals surface area contributed by atoms with Crippen LogP contribution in [0.4, 0.5) is 0 Å². The Bertz CT molecular complexity index is 1890. The van der Waals surface area contributed by atoms with Crippen LogP contribution in [0.2, 0.25) is 0 Å². The van der Waals surface area contributed by atoms with Gasteiger partial charge in [0.05, 0.1) is 0 Å². The Kier molecular flexibility index (Phi) is 4.18. The molecule has 3 heteroatoms. The van der Waals surface area contributed by atoms with E-state index in [1.807, 2.05) is 0 Å². The number of hydrogen-bond acceptors (Lipinski definition) is 1. The number of aromatic amines is 1. The fourth-order valence-corrected chi connectivity index (χ4v) is 5.91. The molecule has 6 aromatic rings. The Balaban J connectivity index is 1.27. The molecule has 0 saturated carbocycles. The van der Waals surface area contributed by atoms with Gasteiger partial charge < -0.3 is 0 Å². The minimum atomic E-state index is 0.0903. The van der Waals surface area contributed by atoms with Gasteiger partial charge in [-0.05, 0) is 6.08 Å². The second-order valence-corrected chi connectivity index (χ2v) is 9.81. The summed E-state index contributed by atoms with van der Waals surface area (Å²) in [6.45, 7) is 2.18. The van der Waals surface area contributed by atoms with Crippen molar-refractivity contribution in [2.75, 3.05) is 0 Å². The van der Waals surface area contributed by atoms with Crippen LogP contribution >= 0.6 is 0 Å². The van der Waals surface area contributed by atoms with Crippen LogP contribution in [-0.2, 0) is 0 Å². The molecule has 0 spiro atoms. The standard InChI is InChI=1S/C33H22BNO/c1-2-9-32-25(6-1)26-8-3-7-24(33(26)36-32)23-13-15-31-28(18-23)27-17-21(12-14-30(27)35-31)22-11-10-20-5-4-16-34-29(20)19-22/h1-19,25,32,35H. The maximum absolute atomic E-state index is 6.44. The number of H-pyrrole nitrogens is 1. The van der Waals surface area contributed by atoms with Gasteiger partial charge in [0.25, 0.3) is 0 Å². The van der Waals surface area contributed by atoms with Crippen LogP contribution in [0.25, 0.3) is 54.7 Å². The summed E-state index contributed by atoms with van der Waals surface area (Å²) in [7, 11) is 0. The van der Waals surface area contributed by atoms with Crippen molar-refractivity contribution < 1.29 is 4.74 Å². The first-order valence-electron chi connectivity index (χ1n) is 12.5. The molecule has 2 aliphatic rings. The van der Waals surface area contributed by atoms with Crippen LogP contribution in [0.3, 0.4) is 0 Å². The van der Waals surface area contributed by atoms with Gasteiger partial charge in [-0.1, -0.05) is 24.3 Å². The monoisotopic (exact) mass is 459 g/mol. The predicted octanol–water partition coefficient (Wildman–Crippen LogP) is 8.12. The summed E-state index contributed by atoms with van der Waals surface area (Å²) in [4.78, 5) is 3.61. The van der Waals surface area contributed by atoms with Crippen LogP contribution in [0.15, 0.2) is 115 Å². The van der Waals surface area contributed by atoms with Crippen LogP contribution in [0, 0.1) is 0 Å². The van der Waals surface area contributed by atoms with Crippen molar-refractivity contribution in [3.63, 3.8) is 0 Å². The van der Waals surface area contributed by atoms with Gasteiger partial charge in [-0.2, -0.15) is 0 Å². The third kappa shape index (κ3) is 2.96. The number of ether oxygens (including phenoxy) is 1. The van der Waals surface area contributed by atoms with Crippen molar-refractivity contribution in [1.82, 2.24) is 4.98 Å². The molecule has 168 valence electrons. The fourth-order valence-electron chi connectivity index (χ4n) is 5.91. The maximum atomic E-state index is 6.44. The Morgan fingerprint density at radius 3 is 2.39 bits per heavy atom. The van der Waals surface area contributed by atoms with E-state index >= 15 is 0 Å². The molecule has 1 N–H and O–H groups in total. The van der Waals surface area contributed by atoms with Crippen LogP contribution in [0.1, 0.15) is 11.5 Å². The molecule has 0 fully saturated rings. The van der Waals surface area contributed by atoms with E-state index in [-0.39, 0.29) is 6.10 Å². The van der Waals surface area contributed by atoms with Crippen molar-refractivity contribution in [1.29, 1.82) is 0 Å². The van der Waals surface area contributed by atoms with E-state index in [0.29, 0.717) is 5.92 Å². The third-order valence-corrected chi connectivity index (χ3v) is 7.74. The first-order chi connectivity index (χ1) is 17.8. The van der Waals surface area contributed by atoms with Crippen molar-refractivity contribution in [2.24, 2.45) is 0 Å². The summed E-state index contributed by atoms with van der Waals surface area (Å²) in [6.07, 6.45) is 8.70. The molecule has 3 heterocycles. The minimum absolute atomic E-state index is 0.0903. The van der Waals surface area contributed by atoms with Gasteiger partial charge >= 0.3 is 167 Å². The van der Waals surface area contributed by atoms with E-state index in [1.165, 1.54) is 43.7 Å². The fraction of sp³-hybridized carbons (Fsp3) is 0.0606. The van der Waals surface area contributed by atoms with E-state index in [4.69, 9.17) is 4.74 Å². The number of aromatic nitrogens is 1. The molecule has 2 unspecified atom stereocenters. The number of para-hydroxylation sites is 1. The second-order valence-electron chi connectivity index (χ2n) is 9.81. The molecule has 2 nitrogen and oxygen atoms in total. The molecule has 8 rings (SSSR count). The number of benzene rings is 4. The molecule has 0 amide bonds. The molecule has 1 aliphatic heterocycles. The average Bonchev–Trinajstić information content (AvgIpc) is 3.50. The van der Waals surface area contributed by atoms with Crippen molar-refractivity contribution in [2.45, 2.75) is 12.0 Å². The topological polar surface area (TPSA) is 25.0 Å². The summed E-state index contributed by atoms with van der Waals surface area (Å²) < 4.78 is 6.44. The van der Waals surface area contributed by atoms with Crippen molar-refractivity contribution in [3.05, 3.63) is 121 Å². The molecular formula is C33H22BNO. The molecular weight excluding hydrogens is 437 g/mol. The number of hydrogen-bond donors (Lipinski definition) is 1. The quantitative estimate of drug-likeness (QED) is 0.278. The Morgan fingerprint density at radius 1 is 0.694 bits per heavy atom. The normalized spacial score (nSPS) is 17.9. The summed E-state index contributed by atoms with van der Waals surface area (Å²) in [5, 5.41) is 5.01. The van der Waals surface area contributed by atoms with Gasteiger partial charge in [0.1, 0.15) is 6.10 Å². The first-order valence-corrected chi connectivity index (χ1v) is 12.5. The number of rotatable bonds is 2. The molecule has 0 bridgehead atoms. The van der Waals surface area contributed by atoms with Crippen LogP contribution in [-0.4, -0.2) is 18.0 Å². The van der Waals surface area contributed by atoms with Gasteiger partial charge in [-0.25, -0.2) is 0 Å². The predicted molar refractivity (Wildman–Crippen MR) is 151 cm³/mol. The van der Waals surface area contributed by atoms with E-state index < -0.39 is 0 Å². The van der Waals surface area contributed by atoms with Gasteiger partial charge in [0.2, 0.25) is 0 Å². The average molecular weight is 459 g/mol. The number of allylic oxidation sites excluding steroid dienone is 2. The summed E-state index contributed by atoms with van der Waals surface area (Å²) in [6, 6.07) is 30.9. The zero-order chi connectivity index (χ0) is 23.6. The molecule has 0 saturated heterocycles. The molecule has 4 aromatic carbocycles. The Morgan fingerprint density at radius 2 is 1.47 bits per heavy atom. The van der Waals surface area contributed by atoms with Crippen molar-refractivity contribution >= 4 is 39.4 Å². The van der Waals surface area contributed by atoms with E-state index in [0.717, 1.165) is 22.3 Å². The van der Waals surface area contributed by atoms with Gasteiger partial charge in [-0.15, -0.1) is 0 Å². The van der Waals surface area contributed by atoms with E-state index in [9.17, 15) is 0 Å². The number of nitrogens with one attached hydrogen (secondary N) is 1. The molecule has 36 heavy (non-hydrogen) atoms. The molecule has 2 aromatic heterocycles. The SMILES string of the molecule is b1cccc2ccc(-c3ccc4[nH]c5ccc(-c6cccc7c6OC6C=CC=CC76)cc5c4c3)cc12. The van der Waals surface area contributed by atoms with Crippen LogP contribution < -0.4 is 4.74 Å². The third-order valence-electron chi connectivity index (χ3n) is 7.74. The molecule has 2 atom stereocenters. The van der Waals surface area contributed by atoms with E-state index in [1.54, 1.807) is 0 Å². The van der Waals surface area contributed by atoms with Crippen LogP contribution in [0.5, 0.6) is 5.75 Å². The van der Waals surface area contributed by atoms with Crippen molar-refractivity contribution in [3.8, 4) is 28.0 Å². The van der Waals surface area contributed by atoms with Gasteiger partial charge in [-0.3, -0.25) is 0 Å². The van der Waals surface area contributed by atoms with Gasteiger partial charge in [0, 0.05) is 5.92 Å². The summed E-state index contributed by atoms with van der Waals surface area (Å²) in [5.74, 6) is 3.41. The Hall–Kier alpha value is -4.37. The zero-order valence-corrected chi connectivity index (χ0v) is 19.6. The second kappa shape index (κ2) is 7.57. The zero-order valence-electron chi connectivity index (χ0n) is 19.6. The molecule has 1 aliphatic carbocycles. The summed E-state index contributed by atoms with van der Waals surface area (Å²) >= 11 is 0. The Labute approximate surface area is 209 Å². The number of fused-ring (bicyclic) bond motifs is 7. The summed E-state index contributed by atoms with van der Waals surface area (Å²) in [5.41, 5.74) is 8.38.